The van der Waals surface area contributed by atoms with Gasteiger partial charge in [-0.05, 0) is 34.1 Å². The Morgan fingerprint density at radius 2 is 2.14 bits per heavy atom. The molecule has 2 aromatic rings. The maximum absolute atomic E-state index is 12.1. The summed E-state index contributed by atoms with van der Waals surface area (Å²) in [6, 6.07) is 3.02. The molecule has 3 N–H and O–H groups in total. The number of aromatic nitrogens is 2. The number of aryl methyl sites for hydroxylation is 1. The average molecular weight is 354 g/mol. The van der Waals surface area contributed by atoms with Crippen LogP contribution in [0.5, 0.6) is 5.75 Å². The molecule has 8 heteroatoms. The molecule has 1 atom stereocenters. The van der Waals surface area contributed by atoms with E-state index in [1.165, 1.54) is 35.3 Å². The summed E-state index contributed by atoms with van der Waals surface area (Å²) in [6.07, 6.45) is 2.89. The van der Waals surface area contributed by atoms with Crippen LogP contribution in [0.4, 0.5) is 0 Å². The number of carboxylic acid groups (broad SMARTS) is 1. The second kappa shape index (κ2) is 5.96. The van der Waals surface area contributed by atoms with Crippen molar-refractivity contribution >= 4 is 27.8 Å². The topological polar surface area (TPSA) is 104 Å². The van der Waals surface area contributed by atoms with Crippen molar-refractivity contribution in [2.24, 2.45) is 7.05 Å². The maximum Gasteiger partial charge on any atom is 0.331 e. The van der Waals surface area contributed by atoms with Gasteiger partial charge in [-0.3, -0.25) is 9.48 Å². The van der Waals surface area contributed by atoms with Gasteiger partial charge in [0.1, 0.15) is 5.75 Å². The van der Waals surface area contributed by atoms with Crippen molar-refractivity contribution in [2.75, 3.05) is 0 Å². The predicted octanol–water partition coefficient (Wildman–Crippen LogP) is 1.44. The number of halogens is 1. The van der Waals surface area contributed by atoms with Crippen molar-refractivity contribution in [3.8, 4) is 5.75 Å². The summed E-state index contributed by atoms with van der Waals surface area (Å²) < 4.78 is 1.89. The van der Waals surface area contributed by atoms with Crippen LogP contribution in [-0.2, 0) is 11.8 Å². The van der Waals surface area contributed by atoms with E-state index in [0.717, 1.165) is 0 Å². The summed E-state index contributed by atoms with van der Waals surface area (Å²) in [5, 5.41) is 25.1. The number of hydrogen-bond acceptors (Lipinski definition) is 4. The molecule has 0 aliphatic rings. The SMILES string of the molecule is Cn1cc(C(NC(=O)c2ccc(Br)c(O)c2)C(=O)O)cn1. The highest BCUT2D eigenvalue weighted by Gasteiger charge is 2.24. The van der Waals surface area contributed by atoms with E-state index >= 15 is 0 Å². The molecule has 0 aliphatic heterocycles. The summed E-state index contributed by atoms with van der Waals surface area (Å²) in [6.45, 7) is 0. The van der Waals surface area contributed by atoms with Crippen LogP contribution < -0.4 is 5.32 Å². The van der Waals surface area contributed by atoms with Gasteiger partial charge in [0.2, 0.25) is 0 Å². The van der Waals surface area contributed by atoms with Crippen LogP contribution in [0.2, 0.25) is 0 Å². The van der Waals surface area contributed by atoms with Gasteiger partial charge in [0.25, 0.3) is 5.91 Å². The van der Waals surface area contributed by atoms with Gasteiger partial charge >= 0.3 is 5.97 Å². The number of hydrogen-bond donors (Lipinski definition) is 3. The third-order valence-corrected chi connectivity index (χ3v) is 3.46. The van der Waals surface area contributed by atoms with E-state index in [-0.39, 0.29) is 11.3 Å². The molecule has 1 unspecified atom stereocenters. The first kappa shape index (κ1) is 15.0. The van der Waals surface area contributed by atoms with Crippen molar-refractivity contribution in [3.05, 3.63) is 46.2 Å². The standard InChI is InChI=1S/C13H12BrN3O4/c1-17-6-8(5-15-17)11(13(20)21)16-12(19)7-2-3-9(14)10(18)4-7/h2-6,11,18H,1H3,(H,16,19)(H,20,21). The molecule has 0 fully saturated rings. The summed E-state index contributed by atoms with van der Waals surface area (Å²) in [5.74, 6) is -1.90. The molecule has 0 radical (unpaired) electrons. The number of carbonyl (C=O) groups excluding carboxylic acids is 1. The molecule has 0 spiro atoms. The van der Waals surface area contributed by atoms with Gasteiger partial charge in [-0.2, -0.15) is 5.10 Å². The molecule has 0 bridgehead atoms. The Morgan fingerprint density at radius 3 is 2.67 bits per heavy atom. The molecule has 0 saturated heterocycles. The molecule has 7 nitrogen and oxygen atoms in total. The van der Waals surface area contributed by atoms with E-state index in [0.29, 0.717) is 10.0 Å². The predicted molar refractivity (Wildman–Crippen MR) is 76.9 cm³/mol. The number of aliphatic carboxylic acids is 1. The number of phenolic OH excluding ortho intramolecular Hbond substituents is 1. The second-order valence-corrected chi connectivity index (χ2v) is 5.21. The summed E-state index contributed by atoms with van der Waals surface area (Å²) in [4.78, 5) is 23.4. The molecule has 1 aromatic carbocycles. The highest BCUT2D eigenvalue weighted by atomic mass is 79.9. The fourth-order valence-corrected chi connectivity index (χ4v) is 1.99. The molecule has 110 valence electrons. The van der Waals surface area contributed by atoms with Gasteiger partial charge in [0, 0.05) is 24.4 Å². The first-order valence-electron chi connectivity index (χ1n) is 5.89. The second-order valence-electron chi connectivity index (χ2n) is 4.36. The Balaban J connectivity index is 2.22. The van der Waals surface area contributed by atoms with E-state index in [9.17, 15) is 19.8 Å². The molecule has 2 rings (SSSR count). The third kappa shape index (κ3) is 3.40. The van der Waals surface area contributed by atoms with Crippen molar-refractivity contribution in [2.45, 2.75) is 6.04 Å². The van der Waals surface area contributed by atoms with Crippen LogP contribution in [0, 0.1) is 0 Å². The fourth-order valence-electron chi connectivity index (χ4n) is 1.75. The molecule has 1 aromatic heterocycles. The molecule has 1 heterocycles. The van der Waals surface area contributed by atoms with E-state index in [4.69, 9.17) is 0 Å². The lowest BCUT2D eigenvalue weighted by atomic mass is 10.1. The van der Waals surface area contributed by atoms with Gasteiger partial charge in [-0.25, -0.2) is 4.79 Å². The molecule has 0 aliphatic carbocycles. The number of rotatable bonds is 4. The number of aromatic hydroxyl groups is 1. The Bertz CT molecular complexity index is 698. The molecule has 21 heavy (non-hydrogen) atoms. The zero-order valence-corrected chi connectivity index (χ0v) is 12.5. The highest BCUT2D eigenvalue weighted by Crippen LogP contribution is 2.24. The number of phenols is 1. The fraction of sp³-hybridized carbons (Fsp3) is 0.154. The first-order valence-corrected chi connectivity index (χ1v) is 6.68. The number of benzene rings is 1. The van der Waals surface area contributed by atoms with E-state index < -0.39 is 17.9 Å². The number of amides is 1. The van der Waals surface area contributed by atoms with Gasteiger partial charge in [-0.1, -0.05) is 0 Å². The maximum atomic E-state index is 12.1. The Morgan fingerprint density at radius 1 is 1.43 bits per heavy atom. The minimum absolute atomic E-state index is 0.101. The quantitative estimate of drug-likeness (QED) is 0.771. The molecule has 1 amide bonds. The van der Waals surface area contributed by atoms with Crippen molar-refractivity contribution in [1.29, 1.82) is 0 Å². The minimum Gasteiger partial charge on any atom is -0.507 e. The minimum atomic E-state index is -1.21. The van der Waals surface area contributed by atoms with Crippen molar-refractivity contribution in [3.63, 3.8) is 0 Å². The van der Waals surface area contributed by atoms with Crippen LogP contribution >= 0.6 is 15.9 Å². The summed E-state index contributed by atoms with van der Waals surface area (Å²) >= 11 is 3.11. The van der Waals surface area contributed by atoms with E-state index in [1.807, 2.05) is 0 Å². The normalized spacial score (nSPS) is 11.9. The zero-order chi connectivity index (χ0) is 15.6. The van der Waals surface area contributed by atoms with Crippen LogP contribution in [0.1, 0.15) is 22.0 Å². The third-order valence-electron chi connectivity index (χ3n) is 2.79. The number of nitrogens with one attached hydrogen (secondary N) is 1. The van der Waals surface area contributed by atoms with Crippen LogP contribution in [-0.4, -0.2) is 31.9 Å². The van der Waals surface area contributed by atoms with Crippen molar-refractivity contribution < 1.29 is 19.8 Å². The van der Waals surface area contributed by atoms with Crippen molar-refractivity contribution in [1.82, 2.24) is 15.1 Å². The molecule has 0 saturated carbocycles. The largest absolute Gasteiger partial charge is 0.507 e. The Hall–Kier alpha value is -2.35. The van der Waals surface area contributed by atoms with E-state index in [1.54, 1.807) is 7.05 Å². The zero-order valence-electron chi connectivity index (χ0n) is 10.9. The average Bonchev–Trinajstić information content (AvgIpc) is 2.84. The van der Waals surface area contributed by atoms with Crippen LogP contribution in [0.15, 0.2) is 35.1 Å². The van der Waals surface area contributed by atoms with Crippen LogP contribution in [0.25, 0.3) is 0 Å². The van der Waals surface area contributed by atoms with Gasteiger partial charge in [0.15, 0.2) is 6.04 Å². The van der Waals surface area contributed by atoms with Crippen LogP contribution in [0.3, 0.4) is 0 Å². The van der Waals surface area contributed by atoms with Gasteiger partial charge < -0.3 is 15.5 Å². The van der Waals surface area contributed by atoms with Gasteiger partial charge in [0.05, 0.1) is 10.7 Å². The van der Waals surface area contributed by atoms with Gasteiger partial charge in [-0.15, -0.1) is 0 Å². The Labute approximate surface area is 128 Å². The number of carboxylic acids is 1. The summed E-state index contributed by atoms with van der Waals surface area (Å²) in [7, 11) is 1.65. The number of nitrogens with zero attached hydrogens (tertiary/aromatic N) is 2. The lowest BCUT2D eigenvalue weighted by Crippen LogP contribution is -2.33. The highest BCUT2D eigenvalue weighted by molar-refractivity contribution is 9.10. The monoisotopic (exact) mass is 353 g/mol. The summed E-state index contributed by atoms with van der Waals surface area (Å²) in [5.41, 5.74) is 0.519. The smallest absolute Gasteiger partial charge is 0.331 e. The molecular weight excluding hydrogens is 342 g/mol. The first-order chi connectivity index (χ1) is 9.88. The number of carbonyl (C=O) groups is 2. The Kier molecular flexibility index (Phi) is 4.27. The van der Waals surface area contributed by atoms with E-state index in [2.05, 4.69) is 26.3 Å². The molecular formula is C13H12BrN3O4. The lowest BCUT2D eigenvalue weighted by molar-refractivity contribution is -0.139. The lowest BCUT2D eigenvalue weighted by Gasteiger charge is -2.13.